The maximum Gasteiger partial charge on any atom is 0.245 e. The summed E-state index contributed by atoms with van der Waals surface area (Å²) in [5.74, 6) is 0.173. The highest BCUT2D eigenvalue weighted by Gasteiger charge is 2.40. The van der Waals surface area contributed by atoms with E-state index >= 15 is 0 Å². The maximum atomic E-state index is 13.3. The van der Waals surface area contributed by atoms with Gasteiger partial charge in [-0.25, -0.2) is 0 Å². The lowest BCUT2D eigenvalue weighted by atomic mass is 10.0. The van der Waals surface area contributed by atoms with Gasteiger partial charge in [-0.2, -0.15) is 0 Å². The lowest BCUT2D eigenvalue weighted by Gasteiger charge is -2.41. The second-order valence-corrected chi connectivity index (χ2v) is 7.75. The molecule has 0 saturated carbocycles. The largest absolute Gasteiger partial charge is 0.338 e. The van der Waals surface area contributed by atoms with Crippen molar-refractivity contribution in [3.05, 3.63) is 71.8 Å². The molecule has 0 radical (unpaired) electrons. The predicted octanol–water partition coefficient (Wildman–Crippen LogP) is 2.69. The first-order chi connectivity index (χ1) is 13.6. The highest BCUT2D eigenvalue weighted by Crippen LogP contribution is 2.28. The Morgan fingerprint density at radius 2 is 1.68 bits per heavy atom. The van der Waals surface area contributed by atoms with Crippen LogP contribution in [0.15, 0.2) is 60.7 Å². The molecule has 2 saturated heterocycles. The zero-order valence-corrected chi connectivity index (χ0v) is 16.3. The molecular weight excluding hydrogens is 350 g/mol. The number of likely N-dealkylation sites (tertiary alicyclic amines) is 1. The number of amides is 2. The van der Waals surface area contributed by atoms with Crippen LogP contribution in [0.5, 0.6) is 0 Å². The lowest BCUT2D eigenvalue weighted by molar-refractivity contribution is -0.143. The number of piperazine rings is 1. The van der Waals surface area contributed by atoms with Crippen LogP contribution in [0.1, 0.15) is 30.0 Å². The monoisotopic (exact) mass is 377 g/mol. The Bertz CT molecular complexity index is 824. The summed E-state index contributed by atoms with van der Waals surface area (Å²) in [7, 11) is 2.11. The third-order valence-electron chi connectivity index (χ3n) is 5.95. The summed E-state index contributed by atoms with van der Waals surface area (Å²) >= 11 is 0. The van der Waals surface area contributed by atoms with E-state index in [9.17, 15) is 9.59 Å². The van der Waals surface area contributed by atoms with Crippen LogP contribution in [-0.2, 0) is 16.1 Å². The summed E-state index contributed by atoms with van der Waals surface area (Å²) in [6.07, 6.45) is 1.08. The average molecular weight is 377 g/mol. The molecule has 2 aliphatic rings. The van der Waals surface area contributed by atoms with Crippen molar-refractivity contribution in [3.63, 3.8) is 0 Å². The molecule has 2 atom stereocenters. The fourth-order valence-corrected chi connectivity index (χ4v) is 4.29. The highest BCUT2D eigenvalue weighted by molar-refractivity contribution is 5.91. The Kier molecular flexibility index (Phi) is 5.44. The summed E-state index contributed by atoms with van der Waals surface area (Å²) in [6.45, 7) is 2.72. The van der Waals surface area contributed by atoms with Crippen LogP contribution in [0.2, 0.25) is 0 Å². The normalized spacial score (nSPS) is 23.2. The van der Waals surface area contributed by atoms with Gasteiger partial charge in [0.15, 0.2) is 0 Å². The molecule has 0 N–H and O–H groups in total. The second kappa shape index (κ2) is 8.15. The van der Waals surface area contributed by atoms with E-state index in [-0.39, 0.29) is 23.9 Å². The quantitative estimate of drug-likeness (QED) is 0.823. The minimum atomic E-state index is -0.340. The van der Waals surface area contributed by atoms with Crippen LogP contribution in [0.25, 0.3) is 0 Å². The Balaban J connectivity index is 1.49. The number of hydrogen-bond donors (Lipinski definition) is 0. The van der Waals surface area contributed by atoms with E-state index < -0.39 is 0 Å². The first-order valence-corrected chi connectivity index (χ1v) is 10.0. The van der Waals surface area contributed by atoms with Crippen LogP contribution >= 0.6 is 0 Å². The number of hydrogen-bond acceptors (Lipinski definition) is 3. The van der Waals surface area contributed by atoms with Gasteiger partial charge >= 0.3 is 0 Å². The van der Waals surface area contributed by atoms with Crippen LogP contribution in [0.3, 0.4) is 0 Å². The molecule has 5 heteroatoms. The van der Waals surface area contributed by atoms with Crippen LogP contribution in [-0.4, -0.2) is 59.2 Å². The molecule has 0 aliphatic carbocycles. The third-order valence-corrected chi connectivity index (χ3v) is 5.95. The first-order valence-electron chi connectivity index (χ1n) is 10.0. The van der Waals surface area contributed by atoms with E-state index in [1.807, 2.05) is 53.4 Å². The van der Waals surface area contributed by atoms with Crippen molar-refractivity contribution in [1.82, 2.24) is 14.7 Å². The molecule has 2 unspecified atom stereocenters. The number of carbonyl (C=O) groups is 2. The van der Waals surface area contributed by atoms with E-state index in [2.05, 4.69) is 24.1 Å². The van der Waals surface area contributed by atoms with Crippen molar-refractivity contribution in [1.29, 1.82) is 0 Å². The van der Waals surface area contributed by atoms with Crippen molar-refractivity contribution in [2.75, 3.05) is 26.7 Å². The SMILES string of the molecule is CN1CCN(C(=O)C2CCC(=O)N2Cc2ccccc2)CC1c1ccccc1. The maximum absolute atomic E-state index is 13.3. The summed E-state index contributed by atoms with van der Waals surface area (Å²) < 4.78 is 0. The topological polar surface area (TPSA) is 43.9 Å². The Morgan fingerprint density at radius 1 is 1.00 bits per heavy atom. The molecule has 5 nitrogen and oxygen atoms in total. The van der Waals surface area contributed by atoms with Crippen molar-refractivity contribution in [2.45, 2.75) is 31.5 Å². The summed E-state index contributed by atoms with van der Waals surface area (Å²) in [6, 6.07) is 20.1. The van der Waals surface area contributed by atoms with Gasteiger partial charge in [-0.1, -0.05) is 60.7 Å². The number of carbonyl (C=O) groups excluding carboxylic acids is 2. The molecule has 2 aromatic rings. The van der Waals surface area contributed by atoms with E-state index in [1.165, 1.54) is 5.56 Å². The molecule has 2 amide bonds. The Morgan fingerprint density at radius 3 is 2.39 bits per heavy atom. The van der Waals surface area contributed by atoms with Gasteiger partial charge in [0.1, 0.15) is 6.04 Å². The minimum absolute atomic E-state index is 0.0796. The summed E-state index contributed by atoms with van der Waals surface area (Å²) in [5, 5.41) is 0. The van der Waals surface area contributed by atoms with E-state index in [0.29, 0.717) is 32.5 Å². The highest BCUT2D eigenvalue weighted by atomic mass is 16.2. The number of benzene rings is 2. The Hall–Kier alpha value is -2.66. The van der Waals surface area contributed by atoms with Gasteiger partial charge in [0, 0.05) is 32.6 Å². The smallest absolute Gasteiger partial charge is 0.245 e. The van der Waals surface area contributed by atoms with Gasteiger partial charge in [0.25, 0.3) is 0 Å². The first kappa shape index (κ1) is 18.7. The zero-order valence-electron chi connectivity index (χ0n) is 16.3. The van der Waals surface area contributed by atoms with Gasteiger partial charge in [0.2, 0.25) is 11.8 Å². The molecule has 2 aromatic carbocycles. The third kappa shape index (κ3) is 3.80. The molecule has 28 heavy (non-hydrogen) atoms. The van der Waals surface area contributed by atoms with Crippen molar-refractivity contribution in [2.24, 2.45) is 0 Å². The molecule has 2 aliphatic heterocycles. The fourth-order valence-electron chi connectivity index (χ4n) is 4.29. The van der Waals surface area contributed by atoms with Crippen molar-refractivity contribution < 1.29 is 9.59 Å². The molecule has 0 spiro atoms. The summed E-state index contributed by atoms with van der Waals surface area (Å²) in [5.41, 5.74) is 2.29. The minimum Gasteiger partial charge on any atom is -0.338 e. The molecule has 2 fully saturated rings. The number of nitrogens with zero attached hydrogens (tertiary/aromatic N) is 3. The predicted molar refractivity (Wildman–Crippen MR) is 108 cm³/mol. The van der Waals surface area contributed by atoms with Gasteiger partial charge in [-0.05, 0) is 24.6 Å². The van der Waals surface area contributed by atoms with E-state index in [4.69, 9.17) is 0 Å². The molecule has 146 valence electrons. The number of rotatable bonds is 4. The zero-order chi connectivity index (χ0) is 19.5. The van der Waals surface area contributed by atoms with Crippen molar-refractivity contribution >= 4 is 11.8 Å². The van der Waals surface area contributed by atoms with Gasteiger partial charge in [-0.15, -0.1) is 0 Å². The molecule has 4 rings (SSSR count). The number of likely N-dealkylation sites (N-methyl/N-ethyl adjacent to an activating group) is 1. The molecule has 2 heterocycles. The van der Waals surface area contributed by atoms with Gasteiger partial charge < -0.3 is 9.80 Å². The molecule has 0 aromatic heterocycles. The summed E-state index contributed by atoms with van der Waals surface area (Å²) in [4.78, 5) is 31.8. The van der Waals surface area contributed by atoms with Crippen LogP contribution < -0.4 is 0 Å². The average Bonchev–Trinajstić information content (AvgIpc) is 3.09. The van der Waals surface area contributed by atoms with E-state index in [1.54, 1.807) is 4.90 Å². The van der Waals surface area contributed by atoms with E-state index in [0.717, 1.165) is 12.1 Å². The van der Waals surface area contributed by atoms with Gasteiger partial charge in [-0.3, -0.25) is 14.5 Å². The lowest BCUT2D eigenvalue weighted by Crippen LogP contribution is -2.54. The molecule has 0 bridgehead atoms. The van der Waals surface area contributed by atoms with Crippen LogP contribution in [0, 0.1) is 0 Å². The van der Waals surface area contributed by atoms with Crippen LogP contribution in [0.4, 0.5) is 0 Å². The van der Waals surface area contributed by atoms with Gasteiger partial charge in [0.05, 0.1) is 6.04 Å². The molecular formula is C23H27N3O2. The fraction of sp³-hybridized carbons (Fsp3) is 0.391. The van der Waals surface area contributed by atoms with Crippen molar-refractivity contribution in [3.8, 4) is 0 Å². The standard InChI is InChI=1S/C23H27N3O2/c1-24-14-15-25(17-21(24)19-10-6-3-7-11-19)23(28)20-12-13-22(27)26(20)16-18-8-4-2-5-9-18/h2-11,20-21H,12-17H2,1H3. The second-order valence-electron chi connectivity index (χ2n) is 7.75. The Labute approximate surface area is 166 Å².